The summed E-state index contributed by atoms with van der Waals surface area (Å²) in [5.74, 6) is -0.411. The van der Waals surface area contributed by atoms with Crippen LogP contribution in [0.4, 0.5) is 14.9 Å². The molecule has 2 saturated heterocycles. The van der Waals surface area contributed by atoms with Gasteiger partial charge in [0.05, 0.1) is 17.8 Å². The van der Waals surface area contributed by atoms with Gasteiger partial charge in [-0.05, 0) is 31.4 Å². The predicted molar refractivity (Wildman–Crippen MR) is 104 cm³/mol. The number of urea groups is 1. The number of quaternary nitrogens is 1. The summed E-state index contributed by atoms with van der Waals surface area (Å²) in [7, 11) is 0. The molecular weight excluding hydrogens is 341 g/mol. The molecule has 4 atom stereocenters. The van der Waals surface area contributed by atoms with E-state index >= 15 is 0 Å². The fraction of sp³-hybridized carbons (Fsp3) is 0.409. The monoisotopic (exact) mass is 368 g/mol. The van der Waals surface area contributed by atoms with Crippen molar-refractivity contribution in [1.29, 1.82) is 0 Å². The molecular formula is C22H27FN3O+. The number of hydrogen-bond acceptors (Lipinski definition) is 1. The molecule has 2 fully saturated rings. The van der Waals surface area contributed by atoms with Crippen LogP contribution in [-0.2, 0) is 6.54 Å². The number of amides is 2. The van der Waals surface area contributed by atoms with E-state index in [9.17, 15) is 9.18 Å². The van der Waals surface area contributed by atoms with E-state index in [0.717, 1.165) is 19.4 Å². The van der Waals surface area contributed by atoms with Crippen molar-refractivity contribution in [3.05, 3.63) is 66.0 Å². The first-order chi connectivity index (χ1) is 13.2. The molecule has 3 N–H and O–H groups in total. The molecule has 142 valence electrons. The minimum Gasteiger partial charge on any atom is -0.335 e. The lowest BCUT2D eigenvalue weighted by molar-refractivity contribution is -0.973. The van der Waals surface area contributed by atoms with Gasteiger partial charge in [-0.3, -0.25) is 0 Å². The zero-order valence-corrected chi connectivity index (χ0v) is 15.5. The van der Waals surface area contributed by atoms with Crippen LogP contribution in [0, 0.1) is 5.82 Å². The van der Waals surface area contributed by atoms with Crippen LogP contribution in [0.1, 0.15) is 37.7 Å². The SMILES string of the molecule is O=C(Nc1ccccc1F)NC1C[C@H]2CCC[C@@H](C1)[NH+]2Cc1ccccc1. The van der Waals surface area contributed by atoms with E-state index in [0.29, 0.717) is 12.1 Å². The highest BCUT2D eigenvalue weighted by atomic mass is 19.1. The van der Waals surface area contributed by atoms with Gasteiger partial charge in [-0.25, -0.2) is 9.18 Å². The average molecular weight is 368 g/mol. The van der Waals surface area contributed by atoms with Gasteiger partial charge in [-0.1, -0.05) is 42.5 Å². The highest BCUT2D eigenvalue weighted by Gasteiger charge is 2.42. The van der Waals surface area contributed by atoms with Gasteiger partial charge < -0.3 is 15.5 Å². The van der Waals surface area contributed by atoms with E-state index in [2.05, 4.69) is 41.0 Å². The van der Waals surface area contributed by atoms with E-state index in [4.69, 9.17) is 0 Å². The van der Waals surface area contributed by atoms with Crippen LogP contribution in [0.5, 0.6) is 0 Å². The number of halogens is 1. The summed E-state index contributed by atoms with van der Waals surface area (Å²) < 4.78 is 13.7. The lowest BCUT2D eigenvalue weighted by Crippen LogP contribution is -3.20. The molecule has 2 bridgehead atoms. The summed E-state index contributed by atoms with van der Waals surface area (Å²) >= 11 is 0. The molecule has 0 aromatic heterocycles. The Morgan fingerprint density at radius 3 is 2.37 bits per heavy atom. The first-order valence-electron chi connectivity index (χ1n) is 9.90. The number of piperidine rings is 2. The smallest absolute Gasteiger partial charge is 0.319 e. The number of carbonyl (C=O) groups is 1. The minimum atomic E-state index is -0.411. The highest BCUT2D eigenvalue weighted by molar-refractivity contribution is 5.89. The standard InChI is InChI=1S/C22H26FN3O/c23-20-11-4-5-12-21(20)25-22(27)24-17-13-18-9-6-10-19(14-17)26(18)15-16-7-2-1-3-8-16/h1-5,7-8,11-12,17-19H,6,9-10,13-15H2,(H2,24,25,27)/p+1/t17?,18-,19+. The average Bonchev–Trinajstić information content (AvgIpc) is 2.65. The lowest BCUT2D eigenvalue weighted by Gasteiger charge is -2.46. The first-order valence-corrected chi connectivity index (χ1v) is 9.90. The Kier molecular flexibility index (Phi) is 5.39. The molecule has 4 rings (SSSR count). The summed E-state index contributed by atoms with van der Waals surface area (Å²) in [4.78, 5) is 14.0. The van der Waals surface area contributed by atoms with E-state index in [1.165, 1.54) is 30.9 Å². The van der Waals surface area contributed by atoms with Gasteiger partial charge in [0.2, 0.25) is 0 Å². The van der Waals surface area contributed by atoms with E-state index in [-0.39, 0.29) is 17.8 Å². The van der Waals surface area contributed by atoms with Gasteiger partial charge in [-0.15, -0.1) is 0 Å². The molecule has 27 heavy (non-hydrogen) atoms. The van der Waals surface area contributed by atoms with Gasteiger partial charge in [0.25, 0.3) is 0 Å². The quantitative estimate of drug-likeness (QED) is 0.763. The Balaban J connectivity index is 1.37. The Bertz CT molecular complexity index is 768. The number of para-hydroxylation sites is 1. The molecule has 2 aromatic carbocycles. The van der Waals surface area contributed by atoms with Crippen LogP contribution in [0.2, 0.25) is 0 Å². The van der Waals surface area contributed by atoms with Crippen molar-refractivity contribution in [2.75, 3.05) is 5.32 Å². The van der Waals surface area contributed by atoms with Crippen molar-refractivity contribution < 1.29 is 14.1 Å². The van der Waals surface area contributed by atoms with E-state index in [1.807, 2.05) is 0 Å². The van der Waals surface area contributed by atoms with Crippen LogP contribution in [0.3, 0.4) is 0 Å². The van der Waals surface area contributed by atoms with Gasteiger partial charge in [0.15, 0.2) is 0 Å². The first kappa shape index (κ1) is 18.0. The van der Waals surface area contributed by atoms with Crippen molar-refractivity contribution in [3.63, 3.8) is 0 Å². The number of rotatable bonds is 4. The van der Waals surface area contributed by atoms with Gasteiger partial charge in [0, 0.05) is 24.4 Å². The molecule has 2 amide bonds. The van der Waals surface area contributed by atoms with Gasteiger partial charge in [-0.2, -0.15) is 0 Å². The predicted octanol–water partition coefficient (Wildman–Crippen LogP) is 3.12. The molecule has 2 unspecified atom stereocenters. The third kappa shape index (κ3) is 4.30. The number of hydrogen-bond donors (Lipinski definition) is 3. The Labute approximate surface area is 159 Å². The van der Waals surface area contributed by atoms with Crippen LogP contribution < -0.4 is 15.5 Å². The van der Waals surface area contributed by atoms with Crippen LogP contribution in [0.25, 0.3) is 0 Å². The summed E-state index contributed by atoms with van der Waals surface area (Å²) in [6, 6.07) is 17.9. The molecule has 0 spiro atoms. The lowest BCUT2D eigenvalue weighted by atomic mass is 9.81. The Morgan fingerprint density at radius 1 is 1.00 bits per heavy atom. The maximum absolute atomic E-state index is 13.7. The van der Waals surface area contributed by atoms with Crippen molar-refractivity contribution in [2.45, 2.75) is 56.8 Å². The van der Waals surface area contributed by atoms with Crippen LogP contribution in [-0.4, -0.2) is 24.2 Å². The molecule has 2 aliphatic rings. The summed E-state index contributed by atoms with van der Waals surface area (Å²) in [5, 5.41) is 5.72. The fourth-order valence-corrected chi connectivity index (χ4v) is 4.78. The summed E-state index contributed by atoms with van der Waals surface area (Å²) in [6.07, 6.45) is 5.69. The molecule has 2 heterocycles. The van der Waals surface area contributed by atoms with Crippen LogP contribution in [0.15, 0.2) is 54.6 Å². The molecule has 2 aliphatic heterocycles. The van der Waals surface area contributed by atoms with Crippen molar-refractivity contribution in [3.8, 4) is 0 Å². The maximum atomic E-state index is 13.7. The second-order valence-electron chi connectivity index (χ2n) is 7.81. The number of nitrogens with one attached hydrogen (secondary N) is 3. The van der Waals surface area contributed by atoms with Crippen molar-refractivity contribution in [2.24, 2.45) is 0 Å². The number of fused-ring (bicyclic) bond motifs is 2. The van der Waals surface area contributed by atoms with E-state index in [1.54, 1.807) is 23.1 Å². The van der Waals surface area contributed by atoms with Crippen molar-refractivity contribution in [1.82, 2.24) is 5.32 Å². The topological polar surface area (TPSA) is 45.6 Å². The van der Waals surface area contributed by atoms with Crippen LogP contribution >= 0.6 is 0 Å². The largest absolute Gasteiger partial charge is 0.335 e. The third-order valence-corrected chi connectivity index (χ3v) is 6.00. The van der Waals surface area contributed by atoms with Crippen molar-refractivity contribution >= 4 is 11.7 Å². The third-order valence-electron chi connectivity index (χ3n) is 6.00. The summed E-state index contributed by atoms with van der Waals surface area (Å²) in [5.41, 5.74) is 1.61. The molecule has 5 heteroatoms. The molecule has 0 aliphatic carbocycles. The minimum absolute atomic E-state index is 0.159. The summed E-state index contributed by atoms with van der Waals surface area (Å²) in [6.45, 7) is 1.06. The number of anilines is 1. The normalized spacial score (nSPS) is 27.0. The zero-order chi connectivity index (χ0) is 18.6. The highest BCUT2D eigenvalue weighted by Crippen LogP contribution is 2.23. The second kappa shape index (κ2) is 8.09. The fourth-order valence-electron chi connectivity index (χ4n) is 4.78. The Morgan fingerprint density at radius 2 is 1.67 bits per heavy atom. The molecule has 4 nitrogen and oxygen atoms in total. The maximum Gasteiger partial charge on any atom is 0.319 e. The molecule has 0 saturated carbocycles. The van der Waals surface area contributed by atoms with Gasteiger partial charge in [0.1, 0.15) is 12.4 Å². The number of benzene rings is 2. The Hall–Kier alpha value is -2.40. The second-order valence-corrected chi connectivity index (χ2v) is 7.81. The number of carbonyl (C=O) groups excluding carboxylic acids is 1. The van der Waals surface area contributed by atoms with E-state index < -0.39 is 5.82 Å². The molecule has 0 radical (unpaired) electrons. The molecule has 2 aromatic rings. The zero-order valence-electron chi connectivity index (χ0n) is 15.5. The van der Waals surface area contributed by atoms with Gasteiger partial charge >= 0.3 is 6.03 Å².